The monoisotopic (exact) mass is 262 g/mol. The third kappa shape index (κ3) is 2.66. The molecule has 0 aromatic carbocycles. The van der Waals surface area contributed by atoms with Gasteiger partial charge in [0, 0.05) is 19.1 Å². The molecule has 0 aromatic rings. The molecular weight excluding hydrogens is 236 g/mol. The van der Waals surface area contributed by atoms with Crippen LogP contribution in [0.4, 0.5) is 0 Å². The van der Waals surface area contributed by atoms with Gasteiger partial charge >= 0.3 is 0 Å². The second kappa shape index (κ2) is 5.67. The van der Waals surface area contributed by atoms with Gasteiger partial charge in [-0.1, -0.05) is 26.7 Å². The van der Waals surface area contributed by atoms with Crippen molar-refractivity contribution in [2.24, 2.45) is 5.73 Å². The van der Waals surface area contributed by atoms with Crippen LogP contribution in [0.5, 0.6) is 0 Å². The molecular formula is C12H26N2O2S. The fourth-order valence-corrected chi connectivity index (χ4v) is 5.04. The first-order valence-electron chi connectivity index (χ1n) is 6.62. The first-order valence-corrected chi connectivity index (χ1v) is 8.13. The van der Waals surface area contributed by atoms with E-state index >= 15 is 0 Å². The Morgan fingerprint density at radius 2 is 1.71 bits per heavy atom. The molecule has 0 aromatic heterocycles. The molecule has 17 heavy (non-hydrogen) atoms. The third-order valence-corrected chi connectivity index (χ3v) is 6.93. The van der Waals surface area contributed by atoms with Crippen molar-refractivity contribution in [3.63, 3.8) is 0 Å². The summed E-state index contributed by atoms with van der Waals surface area (Å²) < 4.78 is 26.6. The summed E-state index contributed by atoms with van der Waals surface area (Å²) in [7, 11) is -1.48. The van der Waals surface area contributed by atoms with Gasteiger partial charge in [0.1, 0.15) is 0 Å². The highest BCUT2D eigenvalue weighted by Gasteiger charge is 2.41. The van der Waals surface area contributed by atoms with Crippen molar-refractivity contribution in [1.29, 1.82) is 0 Å². The molecule has 1 fully saturated rings. The van der Waals surface area contributed by atoms with Crippen molar-refractivity contribution in [2.75, 3.05) is 13.6 Å². The molecule has 0 radical (unpaired) electrons. The molecule has 5 heteroatoms. The van der Waals surface area contributed by atoms with Crippen molar-refractivity contribution >= 4 is 10.0 Å². The van der Waals surface area contributed by atoms with Gasteiger partial charge in [-0.2, -0.15) is 4.31 Å². The summed E-state index contributed by atoms with van der Waals surface area (Å²) >= 11 is 0. The predicted molar refractivity (Wildman–Crippen MR) is 71.3 cm³/mol. The van der Waals surface area contributed by atoms with Gasteiger partial charge in [0.05, 0.1) is 5.25 Å². The van der Waals surface area contributed by atoms with E-state index in [1.165, 1.54) is 0 Å². The van der Waals surface area contributed by atoms with Gasteiger partial charge < -0.3 is 5.73 Å². The Bertz CT molecular complexity index is 322. The molecule has 0 amide bonds. The molecule has 0 heterocycles. The van der Waals surface area contributed by atoms with Crippen LogP contribution in [0.1, 0.15) is 52.4 Å². The summed E-state index contributed by atoms with van der Waals surface area (Å²) in [6.07, 6.45) is 5.21. The van der Waals surface area contributed by atoms with E-state index in [0.29, 0.717) is 6.54 Å². The summed E-state index contributed by atoms with van der Waals surface area (Å²) in [6, 6.07) is 0. The van der Waals surface area contributed by atoms with E-state index in [0.717, 1.165) is 38.5 Å². The summed E-state index contributed by atoms with van der Waals surface area (Å²) in [5.74, 6) is 0. The van der Waals surface area contributed by atoms with Crippen molar-refractivity contribution in [3.8, 4) is 0 Å². The number of nitrogens with zero attached hydrogens (tertiary/aromatic N) is 1. The highest BCUT2D eigenvalue weighted by Crippen LogP contribution is 2.32. The van der Waals surface area contributed by atoms with E-state index in [9.17, 15) is 8.42 Å². The largest absolute Gasteiger partial charge is 0.329 e. The lowest BCUT2D eigenvalue weighted by Crippen LogP contribution is -2.55. The molecule has 0 atom stereocenters. The molecule has 1 aliphatic rings. The first-order chi connectivity index (χ1) is 7.94. The number of hydrogen-bond acceptors (Lipinski definition) is 3. The summed E-state index contributed by atoms with van der Waals surface area (Å²) in [4.78, 5) is 0. The number of likely N-dealkylation sites (N-methyl/N-ethyl adjacent to an activating group) is 1. The minimum absolute atomic E-state index is 0.184. The third-order valence-electron chi connectivity index (χ3n) is 4.47. The van der Waals surface area contributed by atoms with Crippen LogP contribution in [0.15, 0.2) is 0 Å². The maximum Gasteiger partial charge on any atom is 0.217 e. The Morgan fingerprint density at radius 3 is 2.06 bits per heavy atom. The quantitative estimate of drug-likeness (QED) is 0.792. The fraction of sp³-hybridized carbons (Fsp3) is 1.00. The Hall–Kier alpha value is -0.130. The average molecular weight is 262 g/mol. The van der Waals surface area contributed by atoms with E-state index in [1.54, 1.807) is 11.4 Å². The minimum atomic E-state index is -3.18. The van der Waals surface area contributed by atoms with Gasteiger partial charge in [-0.25, -0.2) is 8.42 Å². The summed E-state index contributed by atoms with van der Waals surface area (Å²) in [5.41, 5.74) is 5.42. The first kappa shape index (κ1) is 14.9. The zero-order chi connectivity index (χ0) is 13.1. The predicted octanol–water partition coefficient (Wildman–Crippen LogP) is 1.71. The second-order valence-electron chi connectivity index (χ2n) is 5.05. The SMILES string of the molecule is CCC(CC)(CN)N(C)S(=O)(=O)C1CCCC1. The van der Waals surface area contributed by atoms with E-state index in [2.05, 4.69) is 0 Å². The van der Waals surface area contributed by atoms with Crippen LogP contribution >= 0.6 is 0 Å². The zero-order valence-corrected chi connectivity index (χ0v) is 12.1. The summed E-state index contributed by atoms with van der Waals surface area (Å²) in [6.45, 7) is 4.41. The van der Waals surface area contributed by atoms with Gasteiger partial charge in [-0.05, 0) is 25.7 Å². The smallest absolute Gasteiger partial charge is 0.217 e. The van der Waals surface area contributed by atoms with Crippen LogP contribution < -0.4 is 5.73 Å². The van der Waals surface area contributed by atoms with Crippen LogP contribution in [0.3, 0.4) is 0 Å². The lowest BCUT2D eigenvalue weighted by atomic mass is 9.93. The van der Waals surface area contributed by atoms with Crippen LogP contribution in [-0.2, 0) is 10.0 Å². The number of hydrogen-bond donors (Lipinski definition) is 1. The normalized spacial score (nSPS) is 19.1. The maximum absolute atomic E-state index is 12.5. The molecule has 2 N–H and O–H groups in total. The minimum Gasteiger partial charge on any atom is -0.329 e. The lowest BCUT2D eigenvalue weighted by molar-refractivity contribution is 0.206. The van der Waals surface area contributed by atoms with E-state index in [1.807, 2.05) is 13.8 Å². The Kier molecular flexibility index (Phi) is 4.98. The number of nitrogens with two attached hydrogens (primary N) is 1. The maximum atomic E-state index is 12.5. The van der Waals surface area contributed by atoms with Crippen LogP contribution in [0.25, 0.3) is 0 Å². The van der Waals surface area contributed by atoms with Crippen LogP contribution in [0.2, 0.25) is 0 Å². The molecule has 4 nitrogen and oxygen atoms in total. The van der Waals surface area contributed by atoms with Crippen molar-refractivity contribution in [1.82, 2.24) is 4.31 Å². The zero-order valence-electron chi connectivity index (χ0n) is 11.3. The molecule has 1 rings (SSSR count). The Labute approximate surface area is 106 Å². The standard InChI is InChI=1S/C12H26N2O2S/c1-4-12(5-2,10-13)14(3)17(15,16)11-8-6-7-9-11/h11H,4-10,13H2,1-3H3. The highest BCUT2D eigenvalue weighted by atomic mass is 32.2. The molecule has 0 saturated heterocycles. The summed E-state index contributed by atoms with van der Waals surface area (Å²) in [5, 5.41) is -0.184. The fourth-order valence-electron chi connectivity index (χ4n) is 2.79. The Balaban J connectivity index is 2.96. The topological polar surface area (TPSA) is 63.4 Å². The molecule has 0 spiro atoms. The molecule has 102 valence electrons. The second-order valence-corrected chi connectivity index (χ2v) is 7.30. The highest BCUT2D eigenvalue weighted by molar-refractivity contribution is 7.89. The van der Waals surface area contributed by atoms with Crippen molar-refractivity contribution in [3.05, 3.63) is 0 Å². The lowest BCUT2D eigenvalue weighted by Gasteiger charge is -2.40. The van der Waals surface area contributed by atoms with E-state index < -0.39 is 15.6 Å². The Morgan fingerprint density at radius 1 is 1.24 bits per heavy atom. The molecule has 1 aliphatic carbocycles. The molecule has 0 unspecified atom stereocenters. The number of rotatable bonds is 6. The molecule has 0 bridgehead atoms. The van der Waals surface area contributed by atoms with Crippen LogP contribution in [-0.4, -0.2) is 37.1 Å². The molecule has 0 aliphatic heterocycles. The van der Waals surface area contributed by atoms with Gasteiger partial charge in [0.2, 0.25) is 10.0 Å². The van der Waals surface area contributed by atoms with Gasteiger partial charge in [-0.3, -0.25) is 0 Å². The van der Waals surface area contributed by atoms with Crippen LogP contribution in [0, 0.1) is 0 Å². The average Bonchev–Trinajstić information content (AvgIpc) is 2.86. The van der Waals surface area contributed by atoms with E-state index in [-0.39, 0.29) is 5.25 Å². The van der Waals surface area contributed by atoms with E-state index in [4.69, 9.17) is 5.73 Å². The molecule has 1 saturated carbocycles. The van der Waals surface area contributed by atoms with Crippen molar-refractivity contribution < 1.29 is 8.42 Å². The van der Waals surface area contributed by atoms with Gasteiger partial charge in [-0.15, -0.1) is 0 Å². The van der Waals surface area contributed by atoms with Gasteiger partial charge in [0.15, 0.2) is 0 Å². The number of sulfonamides is 1. The van der Waals surface area contributed by atoms with Crippen molar-refractivity contribution in [2.45, 2.75) is 63.2 Å². The van der Waals surface area contributed by atoms with Gasteiger partial charge in [0.25, 0.3) is 0 Å².